The number of hydrogen-bond donors (Lipinski definition) is 1. The van der Waals surface area contributed by atoms with Crippen molar-refractivity contribution in [3.8, 4) is 5.75 Å². The highest BCUT2D eigenvalue weighted by Crippen LogP contribution is 2.23. The summed E-state index contributed by atoms with van der Waals surface area (Å²) in [4.78, 5) is 29.2. The van der Waals surface area contributed by atoms with Crippen LogP contribution in [0.1, 0.15) is 47.9 Å². The first-order valence-electron chi connectivity index (χ1n) is 13.0. The van der Waals surface area contributed by atoms with Gasteiger partial charge in [0.2, 0.25) is 5.91 Å². The third kappa shape index (κ3) is 7.36. The van der Waals surface area contributed by atoms with Crippen molar-refractivity contribution in [2.45, 2.75) is 64.6 Å². The zero-order valence-electron chi connectivity index (χ0n) is 21.6. The molecular weight excluding hydrogens is 484 g/mol. The molecule has 194 valence electrons. The molecule has 2 amide bonds. The molecule has 1 N–H and O–H groups in total. The van der Waals surface area contributed by atoms with Crippen LogP contribution in [0.25, 0.3) is 0 Å². The highest BCUT2D eigenvalue weighted by Gasteiger charge is 2.32. The molecule has 5 nitrogen and oxygen atoms in total. The van der Waals surface area contributed by atoms with Gasteiger partial charge in [0.15, 0.2) is 6.61 Å². The van der Waals surface area contributed by atoms with Gasteiger partial charge < -0.3 is 15.0 Å². The molecule has 0 heterocycles. The standard InChI is InChI=1S/C31H35ClN2O3/c1-22-10-6-7-13-25(22)20-34(30(35)21-37-27-16-17-28(32)23(2)18-27)29(19-24-11-4-3-5-12-24)31(36)33-26-14-8-9-15-26/h3-7,10-13,16-18,26,29H,8-9,14-15,19-21H2,1-2H3,(H,33,36). The summed E-state index contributed by atoms with van der Waals surface area (Å²) in [6, 6.07) is 22.7. The number of carbonyl (C=O) groups is 2. The van der Waals surface area contributed by atoms with Crippen LogP contribution in [-0.2, 0) is 22.6 Å². The maximum atomic E-state index is 13.8. The summed E-state index contributed by atoms with van der Waals surface area (Å²) in [5, 5.41) is 3.88. The van der Waals surface area contributed by atoms with E-state index in [1.54, 1.807) is 17.0 Å². The average molecular weight is 519 g/mol. The summed E-state index contributed by atoms with van der Waals surface area (Å²) in [7, 11) is 0. The Kier molecular flexibility index (Phi) is 9.24. The van der Waals surface area contributed by atoms with Crippen LogP contribution in [0.15, 0.2) is 72.8 Å². The van der Waals surface area contributed by atoms with Crippen LogP contribution in [0, 0.1) is 13.8 Å². The Morgan fingerprint density at radius 1 is 0.973 bits per heavy atom. The topological polar surface area (TPSA) is 58.6 Å². The Morgan fingerprint density at radius 3 is 2.38 bits per heavy atom. The van der Waals surface area contributed by atoms with E-state index in [-0.39, 0.29) is 24.5 Å². The van der Waals surface area contributed by atoms with Crippen LogP contribution < -0.4 is 10.1 Å². The van der Waals surface area contributed by atoms with Crippen LogP contribution in [0.4, 0.5) is 0 Å². The average Bonchev–Trinajstić information content (AvgIpc) is 3.41. The van der Waals surface area contributed by atoms with Crippen LogP contribution in [-0.4, -0.2) is 35.4 Å². The van der Waals surface area contributed by atoms with E-state index in [1.165, 1.54) is 0 Å². The van der Waals surface area contributed by atoms with Gasteiger partial charge in [-0.05, 0) is 67.1 Å². The van der Waals surface area contributed by atoms with Gasteiger partial charge in [0, 0.05) is 24.0 Å². The summed E-state index contributed by atoms with van der Waals surface area (Å²) >= 11 is 6.15. The van der Waals surface area contributed by atoms with E-state index in [9.17, 15) is 9.59 Å². The van der Waals surface area contributed by atoms with Gasteiger partial charge in [-0.2, -0.15) is 0 Å². The number of halogens is 1. The molecule has 6 heteroatoms. The zero-order valence-corrected chi connectivity index (χ0v) is 22.3. The summed E-state index contributed by atoms with van der Waals surface area (Å²) in [5.74, 6) is 0.222. The molecule has 0 aliphatic heterocycles. The minimum Gasteiger partial charge on any atom is -0.484 e. The van der Waals surface area contributed by atoms with Crippen LogP contribution in [0.3, 0.4) is 0 Å². The van der Waals surface area contributed by atoms with E-state index >= 15 is 0 Å². The maximum absolute atomic E-state index is 13.8. The monoisotopic (exact) mass is 518 g/mol. The predicted molar refractivity (Wildman–Crippen MR) is 148 cm³/mol. The first-order valence-corrected chi connectivity index (χ1v) is 13.4. The molecule has 1 aliphatic carbocycles. The number of aryl methyl sites for hydroxylation is 2. The van der Waals surface area contributed by atoms with E-state index in [4.69, 9.17) is 16.3 Å². The SMILES string of the molecule is Cc1cc(OCC(=O)N(Cc2ccccc2C)C(Cc2ccccc2)C(=O)NC2CCCC2)ccc1Cl. The third-order valence-corrected chi connectivity index (χ3v) is 7.49. The van der Waals surface area contributed by atoms with Gasteiger partial charge in [-0.3, -0.25) is 9.59 Å². The lowest BCUT2D eigenvalue weighted by atomic mass is 10.0. The number of amides is 2. The van der Waals surface area contributed by atoms with Crippen molar-refractivity contribution in [2.75, 3.05) is 6.61 Å². The van der Waals surface area contributed by atoms with E-state index in [0.29, 0.717) is 23.7 Å². The summed E-state index contributed by atoms with van der Waals surface area (Å²) in [5.41, 5.74) is 3.96. The van der Waals surface area contributed by atoms with E-state index in [0.717, 1.165) is 47.9 Å². The number of nitrogens with one attached hydrogen (secondary N) is 1. The Balaban J connectivity index is 1.62. The molecule has 0 saturated heterocycles. The molecule has 1 unspecified atom stereocenters. The second kappa shape index (κ2) is 12.8. The van der Waals surface area contributed by atoms with Gasteiger partial charge in [-0.1, -0.05) is 79.0 Å². The van der Waals surface area contributed by atoms with Gasteiger partial charge in [0.25, 0.3) is 5.91 Å². The fourth-order valence-electron chi connectivity index (χ4n) is 4.83. The van der Waals surface area contributed by atoms with Crippen molar-refractivity contribution in [1.29, 1.82) is 0 Å². The fraction of sp³-hybridized carbons (Fsp3) is 0.355. The van der Waals surface area contributed by atoms with Gasteiger partial charge in [0.1, 0.15) is 11.8 Å². The molecule has 37 heavy (non-hydrogen) atoms. The summed E-state index contributed by atoms with van der Waals surface area (Å²) < 4.78 is 5.88. The number of hydrogen-bond acceptors (Lipinski definition) is 3. The first-order chi connectivity index (χ1) is 17.9. The normalized spacial score (nSPS) is 14.2. The van der Waals surface area contributed by atoms with Crippen LogP contribution in [0.5, 0.6) is 5.75 Å². The number of rotatable bonds is 10. The minimum atomic E-state index is -0.661. The molecule has 0 spiro atoms. The van der Waals surface area contributed by atoms with Crippen molar-refractivity contribution >= 4 is 23.4 Å². The maximum Gasteiger partial charge on any atom is 0.261 e. The molecular formula is C31H35ClN2O3. The highest BCUT2D eigenvalue weighted by molar-refractivity contribution is 6.31. The van der Waals surface area contributed by atoms with Gasteiger partial charge in [-0.25, -0.2) is 0 Å². The number of ether oxygens (including phenoxy) is 1. The lowest BCUT2D eigenvalue weighted by Crippen LogP contribution is -2.53. The van der Waals surface area contributed by atoms with Crippen molar-refractivity contribution in [3.63, 3.8) is 0 Å². The van der Waals surface area contributed by atoms with Crippen molar-refractivity contribution < 1.29 is 14.3 Å². The van der Waals surface area contributed by atoms with E-state index in [2.05, 4.69) is 5.32 Å². The summed E-state index contributed by atoms with van der Waals surface area (Å²) in [6.07, 6.45) is 4.63. The predicted octanol–water partition coefficient (Wildman–Crippen LogP) is 6.03. The molecule has 1 fully saturated rings. The largest absolute Gasteiger partial charge is 0.484 e. The Morgan fingerprint density at radius 2 is 1.68 bits per heavy atom. The van der Waals surface area contributed by atoms with E-state index in [1.807, 2.05) is 74.5 Å². The number of carbonyl (C=O) groups excluding carboxylic acids is 2. The molecule has 0 bridgehead atoms. The molecule has 4 rings (SSSR count). The number of benzene rings is 3. The highest BCUT2D eigenvalue weighted by atomic mass is 35.5. The molecule has 1 aliphatic rings. The minimum absolute atomic E-state index is 0.111. The quantitative estimate of drug-likeness (QED) is 0.356. The fourth-order valence-corrected chi connectivity index (χ4v) is 4.95. The van der Waals surface area contributed by atoms with Crippen molar-refractivity contribution in [3.05, 3.63) is 100 Å². The molecule has 0 radical (unpaired) electrons. The van der Waals surface area contributed by atoms with Crippen molar-refractivity contribution in [2.24, 2.45) is 0 Å². The molecule has 0 aromatic heterocycles. The van der Waals surface area contributed by atoms with Gasteiger partial charge in [-0.15, -0.1) is 0 Å². The van der Waals surface area contributed by atoms with E-state index < -0.39 is 6.04 Å². The lowest BCUT2D eigenvalue weighted by molar-refractivity contribution is -0.143. The number of nitrogens with zero attached hydrogens (tertiary/aromatic N) is 1. The third-order valence-electron chi connectivity index (χ3n) is 7.07. The Hall–Kier alpha value is -3.31. The second-order valence-corrected chi connectivity index (χ2v) is 10.3. The molecule has 3 aromatic rings. The smallest absolute Gasteiger partial charge is 0.261 e. The molecule has 1 saturated carbocycles. The first kappa shape index (κ1) is 26.7. The van der Waals surface area contributed by atoms with Gasteiger partial charge >= 0.3 is 0 Å². The second-order valence-electron chi connectivity index (χ2n) is 9.84. The molecule has 1 atom stereocenters. The Bertz CT molecular complexity index is 1210. The van der Waals surface area contributed by atoms with Crippen LogP contribution >= 0.6 is 11.6 Å². The Labute approximate surface area is 224 Å². The molecule has 3 aromatic carbocycles. The van der Waals surface area contributed by atoms with Crippen molar-refractivity contribution in [1.82, 2.24) is 10.2 Å². The zero-order chi connectivity index (χ0) is 26.2. The lowest BCUT2D eigenvalue weighted by Gasteiger charge is -2.32. The summed E-state index contributed by atoms with van der Waals surface area (Å²) in [6.45, 7) is 4.07. The van der Waals surface area contributed by atoms with Crippen LogP contribution in [0.2, 0.25) is 5.02 Å². The van der Waals surface area contributed by atoms with Gasteiger partial charge in [0.05, 0.1) is 0 Å².